The van der Waals surface area contributed by atoms with E-state index in [1.165, 1.54) is 12.8 Å². The molecule has 0 aromatic carbocycles. The largest absolute Gasteiger partial charge is 0.333 e. The fourth-order valence-electron chi connectivity index (χ4n) is 2.03. The third kappa shape index (κ3) is 4.63. The number of hydrogen-bond donors (Lipinski definition) is 1. The summed E-state index contributed by atoms with van der Waals surface area (Å²) in [6, 6.07) is 6.00. The van der Waals surface area contributed by atoms with Gasteiger partial charge in [0.05, 0.1) is 18.8 Å². The highest BCUT2D eigenvalue weighted by molar-refractivity contribution is 5.78. The van der Waals surface area contributed by atoms with Crippen LogP contribution in [0.2, 0.25) is 0 Å². The summed E-state index contributed by atoms with van der Waals surface area (Å²) in [5.74, 6) is 0.956. The molecule has 104 valence electrons. The molecule has 1 heterocycles. The molecule has 1 aliphatic carbocycles. The molecule has 0 saturated heterocycles. The van der Waals surface area contributed by atoms with Crippen molar-refractivity contribution >= 4 is 5.91 Å². The smallest absolute Gasteiger partial charge is 0.237 e. The molecule has 0 aliphatic heterocycles. The number of nitrogens with one attached hydrogen (secondary N) is 1. The predicted molar refractivity (Wildman–Crippen MR) is 75.5 cm³/mol. The second-order valence-electron chi connectivity index (χ2n) is 5.51. The Balaban J connectivity index is 1.85. The molecule has 2 rings (SSSR count). The number of carbonyl (C=O) groups is 1. The molecule has 1 saturated carbocycles. The SMILES string of the molecule is CC(C)N(Cc1ccccn1)C(=O)CNCC1CC1. The van der Waals surface area contributed by atoms with E-state index >= 15 is 0 Å². The molecule has 1 N–H and O–H groups in total. The Bertz CT molecular complexity index is 401. The molecule has 0 unspecified atom stereocenters. The molecular formula is C15H23N3O. The van der Waals surface area contributed by atoms with Gasteiger partial charge in [0.1, 0.15) is 0 Å². The van der Waals surface area contributed by atoms with Crippen LogP contribution in [0.5, 0.6) is 0 Å². The zero-order chi connectivity index (χ0) is 13.7. The van der Waals surface area contributed by atoms with Crippen LogP contribution in [-0.4, -0.2) is 34.9 Å². The summed E-state index contributed by atoms with van der Waals surface area (Å²) in [5.41, 5.74) is 0.937. The van der Waals surface area contributed by atoms with Gasteiger partial charge in [-0.2, -0.15) is 0 Å². The number of amides is 1. The molecule has 19 heavy (non-hydrogen) atoms. The average molecular weight is 261 g/mol. The summed E-state index contributed by atoms with van der Waals surface area (Å²) in [6.45, 7) is 6.08. The van der Waals surface area contributed by atoms with Gasteiger partial charge >= 0.3 is 0 Å². The minimum absolute atomic E-state index is 0.154. The number of pyridine rings is 1. The maximum atomic E-state index is 12.2. The molecule has 0 bridgehead atoms. The predicted octanol–water partition coefficient (Wildman–Crippen LogP) is 1.82. The lowest BCUT2D eigenvalue weighted by molar-refractivity contribution is -0.132. The minimum atomic E-state index is 0.154. The number of hydrogen-bond acceptors (Lipinski definition) is 3. The third-order valence-corrected chi connectivity index (χ3v) is 3.41. The van der Waals surface area contributed by atoms with Crippen LogP contribution in [0.3, 0.4) is 0 Å². The lowest BCUT2D eigenvalue weighted by Crippen LogP contribution is -2.42. The summed E-state index contributed by atoms with van der Waals surface area (Å²) >= 11 is 0. The minimum Gasteiger partial charge on any atom is -0.333 e. The molecule has 1 amide bonds. The quantitative estimate of drug-likeness (QED) is 0.814. The van der Waals surface area contributed by atoms with Gasteiger partial charge in [0, 0.05) is 12.2 Å². The van der Waals surface area contributed by atoms with Gasteiger partial charge in [0.25, 0.3) is 0 Å². The zero-order valence-corrected chi connectivity index (χ0v) is 11.8. The second-order valence-corrected chi connectivity index (χ2v) is 5.51. The van der Waals surface area contributed by atoms with Crippen molar-refractivity contribution < 1.29 is 4.79 Å². The Hall–Kier alpha value is -1.42. The molecule has 4 nitrogen and oxygen atoms in total. The van der Waals surface area contributed by atoms with Crippen molar-refractivity contribution in [3.63, 3.8) is 0 Å². The summed E-state index contributed by atoms with van der Waals surface area (Å²) in [6.07, 6.45) is 4.38. The van der Waals surface area contributed by atoms with Gasteiger partial charge in [-0.05, 0) is 51.3 Å². The third-order valence-electron chi connectivity index (χ3n) is 3.41. The first-order chi connectivity index (χ1) is 9.16. The highest BCUT2D eigenvalue weighted by atomic mass is 16.2. The number of rotatable bonds is 7. The number of nitrogens with zero attached hydrogens (tertiary/aromatic N) is 2. The summed E-state index contributed by atoms with van der Waals surface area (Å²) in [4.78, 5) is 18.4. The van der Waals surface area contributed by atoms with Gasteiger partial charge in [-0.3, -0.25) is 9.78 Å². The molecule has 0 atom stereocenters. The van der Waals surface area contributed by atoms with Crippen molar-refractivity contribution in [1.29, 1.82) is 0 Å². The Morgan fingerprint density at radius 3 is 2.84 bits per heavy atom. The fraction of sp³-hybridized carbons (Fsp3) is 0.600. The van der Waals surface area contributed by atoms with Crippen LogP contribution in [0.15, 0.2) is 24.4 Å². The van der Waals surface area contributed by atoms with E-state index in [-0.39, 0.29) is 11.9 Å². The zero-order valence-electron chi connectivity index (χ0n) is 11.8. The van der Waals surface area contributed by atoms with E-state index in [1.807, 2.05) is 36.9 Å². The Morgan fingerprint density at radius 2 is 2.26 bits per heavy atom. The van der Waals surface area contributed by atoms with Crippen LogP contribution in [0, 0.1) is 5.92 Å². The number of carbonyl (C=O) groups excluding carboxylic acids is 1. The van der Waals surface area contributed by atoms with Gasteiger partial charge in [0.2, 0.25) is 5.91 Å². The van der Waals surface area contributed by atoms with E-state index in [0.717, 1.165) is 18.2 Å². The Morgan fingerprint density at radius 1 is 1.47 bits per heavy atom. The van der Waals surface area contributed by atoms with Crippen molar-refractivity contribution in [3.8, 4) is 0 Å². The Kier molecular flexibility index (Phi) is 4.91. The first-order valence-corrected chi connectivity index (χ1v) is 7.07. The van der Waals surface area contributed by atoms with Crippen LogP contribution in [0.4, 0.5) is 0 Å². The van der Waals surface area contributed by atoms with Gasteiger partial charge in [-0.25, -0.2) is 0 Å². The Labute approximate surface area is 115 Å². The van der Waals surface area contributed by atoms with E-state index in [9.17, 15) is 4.79 Å². The van der Waals surface area contributed by atoms with Gasteiger partial charge < -0.3 is 10.2 Å². The second kappa shape index (κ2) is 6.66. The molecular weight excluding hydrogens is 238 g/mol. The van der Waals surface area contributed by atoms with Crippen LogP contribution in [-0.2, 0) is 11.3 Å². The normalized spacial score (nSPS) is 14.7. The molecule has 0 spiro atoms. The molecule has 1 aromatic rings. The molecule has 1 fully saturated rings. The topological polar surface area (TPSA) is 45.2 Å². The maximum absolute atomic E-state index is 12.2. The lowest BCUT2D eigenvalue weighted by Gasteiger charge is -2.26. The van der Waals surface area contributed by atoms with E-state index in [0.29, 0.717) is 13.1 Å². The lowest BCUT2D eigenvalue weighted by atomic mass is 10.2. The van der Waals surface area contributed by atoms with Crippen molar-refractivity contribution in [2.75, 3.05) is 13.1 Å². The summed E-state index contributed by atoms with van der Waals surface area (Å²) in [7, 11) is 0. The van der Waals surface area contributed by atoms with Gasteiger partial charge in [-0.1, -0.05) is 6.07 Å². The highest BCUT2D eigenvalue weighted by Crippen LogP contribution is 2.27. The highest BCUT2D eigenvalue weighted by Gasteiger charge is 2.22. The number of aromatic nitrogens is 1. The summed E-state index contributed by atoms with van der Waals surface area (Å²) < 4.78 is 0. The van der Waals surface area contributed by atoms with E-state index in [2.05, 4.69) is 10.3 Å². The molecule has 0 radical (unpaired) electrons. The standard InChI is InChI=1S/C15H23N3O/c1-12(2)18(11-14-5-3-4-8-17-14)15(19)10-16-9-13-6-7-13/h3-5,8,12-13,16H,6-7,9-11H2,1-2H3. The van der Waals surface area contributed by atoms with Gasteiger partial charge in [-0.15, -0.1) is 0 Å². The van der Waals surface area contributed by atoms with E-state index < -0.39 is 0 Å². The first kappa shape index (κ1) is 14.0. The molecule has 1 aliphatic rings. The van der Waals surface area contributed by atoms with Crippen LogP contribution >= 0.6 is 0 Å². The van der Waals surface area contributed by atoms with E-state index in [4.69, 9.17) is 0 Å². The monoisotopic (exact) mass is 261 g/mol. The van der Waals surface area contributed by atoms with Crippen molar-refractivity contribution in [3.05, 3.63) is 30.1 Å². The van der Waals surface area contributed by atoms with E-state index in [1.54, 1.807) is 6.20 Å². The first-order valence-electron chi connectivity index (χ1n) is 7.07. The van der Waals surface area contributed by atoms with Gasteiger partial charge in [0.15, 0.2) is 0 Å². The molecule has 1 aromatic heterocycles. The van der Waals surface area contributed by atoms with Crippen LogP contribution in [0.25, 0.3) is 0 Å². The summed E-state index contributed by atoms with van der Waals surface area (Å²) in [5, 5.41) is 3.26. The molecule has 4 heteroatoms. The van der Waals surface area contributed by atoms with Crippen molar-refractivity contribution in [2.24, 2.45) is 5.92 Å². The fourth-order valence-corrected chi connectivity index (χ4v) is 2.03. The van der Waals surface area contributed by atoms with Crippen LogP contribution in [0.1, 0.15) is 32.4 Å². The maximum Gasteiger partial charge on any atom is 0.237 e. The van der Waals surface area contributed by atoms with Crippen molar-refractivity contribution in [1.82, 2.24) is 15.2 Å². The van der Waals surface area contributed by atoms with Crippen molar-refractivity contribution in [2.45, 2.75) is 39.3 Å². The average Bonchev–Trinajstić information content (AvgIpc) is 3.21. The van der Waals surface area contributed by atoms with Crippen LogP contribution < -0.4 is 5.32 Å².